The van der Waals surface area contributed by atoms with Crippen LogP contribution in [0.3, 0.4) is 0 Å². The predicted molar refractivity (Wildman–Crippen MR) is 130 cm³/mol. The van der Waals surface area contributed by atoms with Gasteiger partial charge in [0.2, 0.25) is 0 Å². The lowest BCUT2D eigenvalue weighted by molar-refractivity contribution is -0.150. The van der Waals surface area contributed by atoms with Crippen molar-refractivity contribution >= 4 is 64.2 Å². The van der Waals surface area contributed by atoms with Gasteiger partial charge in [0, 0.05) is 11.5 Å². The molecule has 4 N–H and O–H groups in total. The first-order valence-corrected chi connectivity index (χ1v) is 12.8. The number of hydrogen-bond donors (Lipinski definition) is 3. The molecule has 2 amide bonds. The fraction of sp³-hybridized carbons (Fsp3) is 0.250. The van der Waals surface area contributed by atoms with Gasteiger partial charge in [0.1, 0.15) is 34.1 Å². The molecule has 2 aliphatic rings. The van der Waals surface area contributed by atoms with Crippen LogP contribution >= 0.6 is 34.9 Å². The molecule has 0 aromatic carbocycles. The van der Waals surface area contributed by atoms with Gasteiger partial charge in [-0.15, -0.1) is 28.4 Å². The third-order valence-corrected chi connectivity index (χ3v) is 8.06. The fourth-order valence-corrected chi connectivity index (χ4v) is 6.27. The summed E-state index contributed by atoms with van der Waals surface area (Å²) in [5.74, 6) is 0.612. The van der Waals surface area contributed by atoms with Gasteiger partial charge in [-0.25, -0.2) is 9.78 Å². The number of carbonyl (C=O) groups is 3. The maximum Gasteiger partial charge on any atom is 0.352 e. The van der Waals surface area contributed by atoms with Crippen LogP contribution < -0.4 is 11.1 Å². The minimum Gasteiger partial charge on any atom is -0.477 e. The van der Waals surface area contributed by atoms with Crippen molar-refractivity contribution in [3.63, 3.8) is 0 Å². The highest BCUT2D eigenvalue weighted by Crippen LogP contribution is 2.41. The van der Waals surface area contributed by atoms with Crippen LogP contribution in [0.5, 0.6) is 0 Å². The van der Waals surface area contributed by atoms with Gasteiger partial charge in [0.25, 0.3) is 11.8 Å². The van der Waals surface area contributed by atoms with E-state index < -0.39 is 29.2 Å². The van der Waals surface area contributed by atoms with Crippen LogP contribution in [-0.4, -0.2) is 78.2 Å². The van der Waals surface area contributed by atoms with Crippen molar-refractivity contribution in [1.82, 2.24) is 25.4 Å². The maximum atomic E-state index is 13.0. The molecule has 35 heavy (non-hydrogen) atoms. The number of thioether (sulfide) groups is 2. The van der Waals surface area contributed by atoms with Crippen LogP contribution in [0.15, 0.2) is 44.5 Å². The van der Waals surface area contributed by atoms with E-state index in [0.717, 1.165) is 0 Å². The van der Waals surface area contributed by atoms with Crippen molar-refractivity contribution in [1.29, 1.82) is 0 Å². The molecule has 12 nitrogen and oxygen atoms in total. The quantitative estimate of drug-likeness (QED) is 0.102. The Bertz CT molecular complexity index is 1260. The molecule has 2 atom stereocenters. The Morgan fingerprint density at radius 1 is 1.46 bits per heavy atom. The number of oxime groups is 1. The molecule has 2 unspecified atom stereocenters. The highest BCUT2D eigenvalue weighted by atomic mass is 32.2. The average Bonchev–Trinajstić information content (AvgIpc) is 3.36. The van der Waals surface area contributed by atoms with Crippen molar-refractivity contribution in [2.45, 2.75) is 15.8 Å². The van der Waals surface area contributed by atoms with Gasteiger partial charge in [-0.1, -0.05) is 40.2 Å². The molecule has 4 rings (SSSR count). The lowest BCUT2D eigenvalue weighted by atomic mass is 10.0. The van der Waals surface area contributed by atoms with Crippen LogP contribution in [0.2, 0.25) is 0 Å². The number of aromatic nitrogens is 3. The van der Waals surface area contributed by atoms with E-state index in [1.165, 1.54) is 51.9 Å². The number of nitrogens with one attached hydrogen (secondary N) is 1. The topological polar surface area (TPSA) is 173 Å². The molecule has 1 saturated heterocycles. The van der Waals surface area contributed by atoms with E-state index in [4.69, 9.17) is 17.0 Å². The SMILES string of the molecule is C#CCO/N=C(/C(=O)NC1C(=O)N2C(C(=O)O)=C(CSc3nncs3)CSC12)c1cccc(N)n1. The molecule has 0 spiro atoms. The summed E-state index contributed by atoms with van der Waals surface area (Å²) in [6.07, 6.45) is 5.16. The second-order valence-corrected chi connectivity index (χ2v) is 10.1. The van der Waals surface area contributed by atoms with Gasteiger partial charge < -0.3 is 21.0 Å². The number of terminal acetylenes is 1. The van der Waals surface area contributed by atoms with Crippen molar-refractivity contribution < 1.29 is 24.3 Å². The molecular weight excluding hydrogens is 514 g/mol. The Hall–Kier alpha value is -3.61. The maximum absolute atomic E-state index is 13.0. The summed E-state index contributed by atoms with van der Waals surface area (Å²) in [4.78, 5) is 48.2. The first kappa shape index (κ1) is 24.5. The predicted octanol–water partition coefficient (Wildman–Crippen LogP) is 0.400. The number of rotatable bonds is 9. The number of nitrogen functional groups attached to an aromatic ring is 1. The molecule has 2 aliphatic heterocycles. The largest absolute Gasteiger partial charge is 0.477 e. The van der Waals surface area contributed by atoms with Gasteiger partial charge in [-0.3, -0.25) is 14.5 Å². The number of β-lactam (4-membered cyclic amide) rings is 1. The van der Waals surface area contributed by atoms with Crippen LogP contribution in [0.25, 0.3) is 0 Å². The number of hydrogen-bond acceptors (Lipinski definition) is 12. The van der Waals surface area contributed by atoms with Crippen molar-refractivity contribution in [2.24, 2.45) is 5.16 Å². The Labute approximate surface area is 211 Å². The molecule has 0 bridgehead atoms. The number of aliphatic carboxylic acids is 1. The first-order chi connectivity index (χ1) is 16.9. The Morgan fingerprint density at radius 3 is 2.97 bits per heavy atom. The van der Waals surface area contributed by atoms with E-state index in [1.807, 2.05) is 0 Å². The van der Waals surface area contributed by atoms with Crippen molar-refractivity contribution in [3.05, 3.63) is 40.7 Å². The Morgan fingerprint density at radius 2 is 2.29 bits per heavy atom. The lowest BCUT2D eigenvalue weighted by Crippen LogP contribution is -2.71. The van der Waals surface area contributed by atoms with Crippen molar-refractivity contribution in [2.75, 3.05) is 23.8 Å². The van der Waals surface area contributed by atoms with E-state index >= 15 is 0 Å². The second-order valence-electron chi connectivity index (χ2n) is 6.98. The van der Waals surface area contributed by atoms with E-state index in [-0.39, 0.29) is 29.5 Å². The molecule has 0 saturated carbocycles. The number of nitrogens with zero attached hydrogens (tertiary/aromatic N) is 5. The fourth-order valence-electron chi connectivity index (χ4n) is 3.30. The van der Waals surface area contributed by atoms with Crippen LogP contribution in [0.4, 0.5) is 5.82 Å². The molecule has 15 heteroatoms. The minimum absolute atomic E-state index is 0.0787. The summed E-state index contributed by atoms with van der Waals surface area (Å²) < 4.78 is 0.698. The molecule has 1 fully saturated rings. The molecule has 0 radical (unpaired) electrons. The van der Waals surface area contributed by atoms with E-state index in [1.54, 1.807) is 11.6 Å². The summed E-state index contributed by atoms with van der Waals surface area (Å²) in [5, 5.41) is 23.3. The first-order valence-electron chi connectivity index (χ1n) is 9.86. The summed E-state index contributed by atoms with van der Waals surface area (Å²) >= 11 is 4.05. The zero-order valence-electron chi connectivity index (χ0n) is 17.8. The number of carbonyl (C=O) groups excluding carboxylic acids is 2. The van der Waals surface area contributed by atoms with E-state index in [0.29, 0.717) is 21.4 Å². The van der Waals surface area contributed by atoms with Gasteiger partial charge in [0.05, 0.1) is 0 Å². The standard InChI is InChI=1S/C20H17N7O5S3/c1-2-6-32-26-13(11-4-3-5-12(21)23-11)16(28)24-14-17(29)27-15(19(30)31)10(7-33-18(14)27)8-34-20-25-22-9-35-20/h1,3-5,9,14,18H,6-8H2,(H2,21,23)(H,24,28)(H,30,31)/b26-13+. The third-order valence-electron chi connectivity index (χ3n) is 4.78. The molecule has 2 aromatic heterocycles. The highest BCUT2D eigenvalue weighted by molar-refractivity contribution is 8.01. The normalized spacial score (nSPS) is 19.5. The zero-order chi connectivity index (χ0) is 24.9. The van der Waals surface area contributed by atoms with Crippen LogP contribution in [0.1, 0.15) is 5.69 Å². The third kappa shape index (κ3) is 5.24. The van der Waals surface area contributed by atoms with Gasteiger partial charge in [0.15, 0.2) is 16.7 Å². The molecule has 0 aliphatic carbocycles. The monoisotopic (exact) mass is 531 g/mol. The number of anilines is 1. The Balaban J connectivity index is 1.51. The van der Waals surface area contributed by atoms with E-state index in [9.17, 15) is 19.5 Å². The smallest absolute Gasteiger partial charge is 0.352 e. The summed E-state index contributed by atoms with van der Waals surface area (Å²) in [7, 11) is 0. The number of pyridine rings is 1. The van der Waals surface area contributed by atoms with E-state index in [2.05, 4.69) is 31.6 Å². The van der Waals surface area contributed by atoms with Crippen molar-refractivity contribution in [3.8, 4) is 12.3 Å². The van der Waals surface area contributed by atoms with Gasteiger partial charge >= 0.3 is 5.97 Å². The van der Waals surface area contributed by atoms with Gasteiger partial charge in [-0.2, -0.15) is 0 Å². The number of amides is 2. The summed E-state index contributed by atoms with van der Waals surface area (Å²) in [5.41, 5.74) is 7.71. The zero-order valence-corrected chi connectivity index (χ0v) is 20.2. The molecule has 4 heterocycles. The van der Waals surface area contributed by atoms with Crippen LogP contribution in [-0.2, 0) is 19.2 Å². The number of nitrogens with two attached hydrogens (primary N) is 1. The molecule has 180 valence electrons. The number of fused-ring (bicyclic) bond motifs is 1. The summed E-state index contributed by atoms with van der Waals surface area (Å²) in [6.45, 7) is -0.182. The second kappa shape index (κ2) is 10.8. The number of carboxylic acid groups (broad SMARTS) is 1. The summed E-state index contributed by atoms with van der Waals surface area (Å²) in [6, 6.07) is 3.66. The highest BCUT2D eigenvalue weighted by Gasteiger charge is 2.54. The minimum atomic E-state index is -1.21. The van der Waals surface area contributed by atoms with Gasteiger partial charge in [-0.05, 0) is 17.7 Å². The molecular formula is C20H17N7O5S3. The molecule has 2 aromatic rings. The van der Waals surface area contributed by atoms with Crippen LogP contribution in [0, 0.1) is 12.3 Å². The average molecular weight is 532 g/mol. The lowest BCUT2D eigenvalue weighted by Gasteiger charge is -2.49. The Kier molecular flexibility index (Phi) is 7.54. The number of carboxylic acids is 1.